The molecule has 30 heavy (non-hydrogen) atoms. The average Bonchev–Trinajstić information content (AvgIpc) is 3.36. The van der Waals surface area contributed by atoms with E-state index >= 15 is 0 Å². The van der Waals surface area contributed by atoms with Crippen LogP contribution in [0.25, 0.3) is 0 Å². The number of fused-ring (bicyclic) bond motifs is 2. The first-order valence-corrected chi connectivity index (χ1v) is 12.8. The van der Waals surface area contributed by atoms with Gasteiger partial charge in [0.25, 0.3) is 0 Å². The van der Waals surface area contributed by atoms with E-state index in [-0.39, 0.29) is 18.2 Å². The van der Waals surface area contributed by atoms with E-state index in [0.29, 0.717) is 18.4 Å². The van der Waals surface area contributed by atoms with Crippen molar-refractivity contribution in [3.8, 4) is 0 Å². The second-order valence-corrected chi connectivity index (χ2v) is 11.2. The summed E-state index contributed by atoms with van der Waals surface area (Å²) in [6.45, 7) is 10.4. The molecule has 4 nitrogen and oxygen atoms in total. The molecule has 5 unspecified atom stereocenters. The summed E-state index contributed by atoms with van der Waals surface area (Å²) in [6.07, 6.45) is 11.5. The number of hydrogen-bond acceptors (Lipinski definition) is 4. The first-order chi connectivity index (χ1) is 14.4. The monoisotopic (exact) mass is 422 g/mol. The molecule has 1 heterocycles. The molecule has 4 fully saturated rings. The Hall–Kier alpha value is -0.610. The maximum atomic E-state index is 12.3. The number of carbonyl (C=O) groups is 1. The van der Waals surface area contributed by atoms with Gasteiger partial charge in [-0.1, -0.05) is 27.7 Å². The van der Waals surface area contributed by atoms with Crippen LogP contribution in [0.3, 0.4) is 0 Å². The van der Waals surface area contributed by atoms with Crippen LogP contribution in [-0.2, 0) is 14.3 Å². The Morgan fingerprint density at radius 3 is 2.17 bits per heavy atom. The number of hydrogen-bond donors (Lipinski definition) is 1. The van der Waals surface area contributed by atoms with Crippen LogP contribution in [0.4, 0.5) is 0 Å². The van der Waals surface area contributed by atoms with Crippen molar-refractivity contribution in [3.63, 3.8) is 0 Å². The predicted molar refractivity (Wildman–Crippen MR) is 120 cm³/mol. The van der Waals surface area contributed by atoms with Gasteiger partial charge >= 0.3 is 5.97 Å². The Morgan fingerprint density at radius 1 is 0.933 bits per heavy atom. The fraction of sp³-hybridized carbons (Fsp3) is 0.962. The lowest BCUT2D eigenvalue weighted by Crippen LogP contribution is -2.32. The average molecular weight is 423 g/mol. The standard InChI is InChI=1S/C16H26O3.C10H20O/c1-10(2)13-8-12-7-11(13)9-14(12)16(17)19-15-5-3-4-6-18-15;1-8(2)10-5-3-9(7-11)4-6-10/h10-15H,3-9H2,1-2H3;8-11H,3-7H2,1-2H3. The van der Waals surface area contributed by atoms with Crippen LogP contribution in [0, 0.1) is 47.3 Å². The van der Waals surface area contributed by atoms with Gasteiger partial charge in [0.05, 0.1) is 12.5 Å². The number of carbonyl (C=O) groups excluding carboxylic acids is 1. The minimum atomic E-state index is -0.263. The summed E-state index contributed by atoms with van der Waals surface area (Å²) in [7, 11) is 0. The number of esters is 1. The molecule has 1 saturated heterocycles. The van der Waals surface area contributed by atoms with E-state index in [9.17, 15) is 4.79 Å². The zero-order chi connectivity index (χ0) is 21.7. The molecule has 0 amide bonds. The summed E-state index contributed by atoms with van der Waals surface area (Å²) < 4.78 is 11.1. The van der Waals surface area contributed by atoms with Crippen molar-refractivity contribution in [1.29, 1.82) is 0 Å². The Morgan fingerprint density at radius 2 is 1.67 bits per heavy atom. The quantitative estimate of drug-likeness (QED) is 0.568. The number of ether oxygens (including phenoxy) is 2. The number of rotatable bonds is 5. The van der Waals surface area contributed by atoms with Gasteiger partial charge in [0.15, 0.2) is 0 Å². The summed E-state index contributed by atoms with van der Waals surface area (Å²) in [4.78, 5) is 12.3. The van der Waals surface area contributed by atoms with Gasteiger partial charge in [0, 0.05) is 13.0 Å². The van der Waals surface area contributed by atoms with Crippen molar-refractivity contribution in [3.05, 3.63) is 0 Å². The molecular weight excluding hydrogens is 376 g/mol. The summed E-state index contributed by atoms with van der Waals surface area (Å²) in [5.74, 6) is 5.49. The summed E-state index contributed by atoms with van der Waals surface area (Å²) in [6, 6.07) is 0. The SMILES string of the molecule is CC(C)C1CC2CC1CC2C(=O)OC1CCCCO1.CC(C)C1CCC(CO)CC1. The number of aliphatic hydroxyl groups is 1. The largest absolute Gasteiger partial charge is 0.436 e. The molecule has 1 aliphatic heterocycles. The van der Waals surface area contributed by atoms with Gasteiger partial charge < -0.3 is 14.6 Å². The molecule has 0 aromatic carbocycles. The lowest BCUT2D eigenvalue weighted by atomic mass is 9.77. The molecule has 5 atom stereocenters. The fourth-order valence-electron chi connectivity index (χ4n) is 6.48. The normalized spacial score (nSPS) is 38.4. The van der Waals surface area contributed by atoms with E-state index < -0.39 is 0 Å². The zero-order valence-corrected chi connectivity index (χ0v) is 19.9. The summed E-state index contributed by atoms with van der Waals surface area (Å²) in [5.41, 5.74) is 0. The van der Waals surface area contributed by atoms with E-state index in [2.05, 4.69) is 27.7 Å². The van der Waals surface area contributed by atoms with E-state index in [0.717, 1.165) is 61.9 Å². The van der Waals surface area contributed by atoms with E-state index in [4.69, 9.17) is 14.6 Å². The van der Waals surface area contributed by atoms with Gasteiger partial charge in [-0.15, -0.1) is 0 Å². The lowest BCUT2D eigenvalue weighted by molar-refractivity contribution is -0.192. The van der Waals surface area contributed by atoms with Crippen LogP contribution in [0.1, 0.15) is 91.9 Å². The smallest absolute Gasteiger partial charge is 0.311 e. The maximum Gasteiger partial charge on any atom is 0.311 e. The molecular formula is C26H46O4. The molecule has 4 aliphatic rings. The highest BCUT2D eigenvalue weighted by Gasteiger charge is 2.50. The van der Waals surface area contributed by atoms with Crippen molar-refractivity contribution in [1.82, 2.24) is 0 Å². The van der Waals surface area contributed by atoms with Crippen LogP contribution in [0.5, 0.6) is 0 Å². The fourth-order valence-corrected chi connectivity index (χ4v) is 6.48. The highest BCUT2D eigenvalue weighted by Crippen LogP contribution is 2.54. The van der Waals surface area contributed by atoms with Crippen LogP contribution < -0.4 is 0 Å². The third-order valence-corrected chi connectivity index (χ3v) is 8.55. The molecule has 1 N–H and O–H groups in total. The van der Waals surface area contributed by atoms with Gasteiger partial charge in [-0.3, -0.25) is 4.79 Å². The van der Waals surface area contributed by atoms with E-state index in [1.165, 1.54) is 38.5 Å². The van der Waals surface area contributed by atoms with Crippen molar-refractivity contribution in [2.75, 3.05) is 13.2 Å². The molecule has 0 spiro atoms. The van der Waals surface area contributed by atoms with E-state index in [1.807, 2.05) is 0 Å². The summed E-state index contributed by atoms with van der Waals surface area (Å²) >= 11 is 0. The highest BCUT2D eigenvalue weighted by atomic mass is 16.7. The van der Waals surface area contributed by atoms with Crippen LogP contribution in [0.15, 0.2) is 0 Å². The molecule has 0 radical (unpaired) electrons. The van der Waals surface area contributed by atoms with Crippen molar-refractivity contribution < 1.29 is 19.4 Å². The van der Waals surface area contributed by atoms with Crippen LogP contribution in [-0.4, -0.2) is 30.6 Å². The highest BCUT2D eigenvalue weighted by molar-refractivity contribution is 5.73. The first kappa shape index (κ1) is 24.0. The Bertz CT molecular complexity index is 517. The van der Waals surface area contributed by atoms with Crippen LogP contribution in [0.2, 0.25) is 0 Å². The predicted octanol–water partition coefficient (Wildman–Crippen LogP) is 5.82. The van der Waals surface area contributed by atoms with Crippen molar-refractivity contribution >= 4 is 5.97 Å². The van der Waals surface area contributed by atoms with Crippen LogP contribution >= 0.6 is 0 Å². The molecule has 3 saturated carbocycles. The number of aliphatic hydroxyl groups excluding tert-OH is 1. The van der Waals surface area contributed by atoms with Gasteiger partial charge in [0.2, 0.25) is 6.29 Å². The second kappa shape index (κ2) is 11.3. The third-order valence-electron chi connectivity index (χ3n) is 8.55. The molecule has 0 aromatic heterocycles. The molecule has 4 rings (SSSR count). The molecule has 4 heteroatoms. The van der Waals surface area contributed by atoms with Gasteiger partial charge in [-0.25, -0.2) is 0 Å². The molecule has 3 aliphatic carbocycles. The Labute approximate surface area is 184 Å². The molecule has 174 valence electrons. The van der Waals surface area contributed by atoms with Gasteiger partial charge in [-0.05, 0) is 99.2 Å². The minimum Gasteiger partial charge on any atom is -0.436 e. The summed E-state index contributed by atoms with van der Waals surface area (Å²) in [5, 5.41) is 8.92. The Kier molecular flexibility index (Phi) is 9.07. The molecule has 0 aromatic rings. The van der Waals surface area contributed by atoms with Crippen molar-refractivity contribution in [2.45, 2.75) is 98.2 Å². The van der Waals surface area contributed by atoms with Gasteiger partial charge in [0.1, 0.15) is 0 Å². The topological polar surface area (TPSA) is 55.8 Å². The molecule has 2 bridgehead atoms. The third kappa shape index (κ3) is 6.22. The lowest BCUT2D eigenvalue weighted by Gasteiger charge is -2.30. The second-order valence-electron chi connectivity index (χ2n) is 11.2. The van der Waals surface area contributed by atoms with E-state index in [1.54, 1.807) is 0 Å². The zero-order valence-electron chi connectivity index (χ0n) is 19.9. The minimum absolute atomic E-state index is 0.0154. The maximum absolute atomic E-state index is 12.3. The van der Waals surface area contributed by atoms with Crippen molar-refractivity contribution in [2.24, 2.45) is 47.3 Å². The first-order valence-electron chi connectivity index (χ1n) is 12.8. The van der Waals surface area contributed by atoms with Gasteiger partial charge in [-0.2, -0.15) is 0 Å². The Balaban J connectivity index is 0.000000199.